The minimum atomic E-state index is -3.98. The van der Waals surface area contributed by atoms with E-state index in [4.69, 9.17) is 4.99 Å². The largest absolute Gasteiger partial charge is 0.366 e. The van der Waals surface area contributed by atoms with Crippen LogP contribution in [0.15, 0.2) is 17.1 Å². The zero-order valence-electron chi connectivity index (χ0n) is 17.1. The monoisotopic (exact) mass is 408 g/mol. The van der Waals surface area contributed by atoms with Crippen LogP contribution in [0.2, 0.25) is 0 Å². The lowest BCUT2D eigenvalue weighted by molar-refractivity contribution is 0.135. The second-order valence-electron chi connectivity index (χ2n) is 9.66. The average Bonchev–Trinajstić information content (AvgIpc) is 3.28. The molecule has 0 amide bonds. The molecule has 158 valence electrons. The van der Waals surface area contributed by atoms with E-state index in [1.54, 1.807) is 0 Å². The highest BCUT2D eigenvalue weighted by Crippen LogP contribution is 2.49. The van der Waals surface area contributed by atoms with Crippen LogP contribution in [0.4, 0.5) is 0 Å². The molecule has 1 aliphatic heterocycles. The number of aliphatic imine (C=N–C) groups is 1. The normalized spacial score (nSPS) is 43.2. The molecule has 2 fully saturated rings. The highest BCUT2D eigenvalue weighted by atomic mass is 32.2. The van der Waals surface area contributed by atoms with Crippen molar-refractivity contribution in [3.63, 3.8) is 0 Å². The molecule has 4 aliphatic rings. The van der Waals surface area contributed by atoms with Crippen molar-refractivity contribution < 1.29 is 13.0 Å². The van der Waals surface area contributed by atoms with Gasteiger partial charge < -0.3 is 5.32 Å². The van der Waals surface area contributed by atoms with Crippen LogP contribution < -0.4 is 5.32 Å². The number of rotatable bonds is 2. The molecule has 0 aromatic rings. The van der Waals surface area contributed by atoms with E-state index >= 15 is 0 Å². The molecule has 6 unspecified atom stereocenters. The lowest BCUT2D eigenvalue weighted by Crippen LogP contribution is -2.59. The molecule has 3 aliphatic carbocycles. The van der Waals surface area contributed by atoms with E-state index < -0.39 is 15.4 Å². The Balaban J connectivity index is 1.51. The predicted molar refractivity (Wildman–Crippen MR) is 113 cm³/mol. The molecule has 0 spiro atoms. The summed E-state index contributed by atoms with van der Waals surface area (Å²) in [6.45, 7) is 2.00. The molecular weight excluding hydrogens is 372 g/mol. The van der Waals surface area contributed by atoms with Crippen LogP contribution in [-0.4, -0.2) is 35.6 Å². The van der Waals surface area contributed by atoms with Crippen LogP contribution in [0, 0.1) is 17.8 Å². The zero-order valence-corrected chi connectivity index (χ0v) is 18.0. The summed E-state index contributed by atoms with van der Waals surface area (Å²) in [5, 5.41) is 3.07. The van der Waals surface area contributed by atoms with Gasteiger partial charge in [0, 0.05) is 0 Å². The second-order valence-corrected chi connectivity index (χ2v) is 11.4. The zero-order chi connectivity index (χ0) is 19.8. The smallest absolute Gasteiger partial charge is 0.267 e. The summed E-state index contributed by atoms with van der Waals surface area (Å²) in [6.07, 6.45) is 18.0. The third-order valence-electron chi connectivity index (χ3n) is 7.79. The fourth-order valence-corrected chi connectivity index (χ4v) is 6.94. The Bertz CT molecular complexity index is 732. The first-order valence-electron chi connectivity index (χ1n) is 11.3. The van der Waals surface area contributed by atoms with Crippen molar-refractivity contribution in [2.24, 2.45) is 22.7 Å². The highest BCUT2D eigenvalue weighted by Gasteiger charge is 2.53. The average molecular weight is 409 g/mol. The highest BCUT2D eigenvalue weighted by molar-refractivity contribution is 7.86. The van der Waals surface area contributed by atoms with Gasteiger partial charge in [-0.2, -0.15) is 8.42 Å². The summed E-state index contributed by atoms with van der Waals surface area (Å²) in [5.41, 5.74) is -0.105. The summed E-state index contributed by atoms with van der Waals surface area (Å²) in [4.78, 5) is 4.81. The Morgan fingerprint density at radius 1 is 1.11 bits per heavy atom. The molecule has 2 N–H and O–H groups in total. The van der Waals surface area contributed by atoms with E-state index in [0.29, 0.717) is 18.8 Å². The molecule has 0 saturated heterocycles. The van der Waals surface area contributed by atoms with Crippen LogP contribution in [-0.2, 0) is 10.1 Å². The van der Waals surface area contributed by atoms with E-state index in [9.17, 15) is 13.0 Å². The summed E-state index contributed by atoms with van der Waals surface area (Å²) >= 11 is 0. The summed E-state index contributed by atoms with van der Waals surface area (Å²) < 4.78 is 33.1. The van der Waals surface area contributed by atoms with Crippen molar-refractivity contribution in [2.75, 3.05) is 0 Å². The fraction of sp³-hybridized carbons (Fsp3) is 0.864. The molecule has 6 heteroatoms. The van der Waals surface area contributed by atoms with E-state index in [1.807, 2.05) is 6.92 Å². The predicted octanol–water partition coefficient (Wildman–Crippen LogP) is 4.50. The summed E-state index contributed by atoms with van der Waals surface area (Å²) in [7, 11) is -3.98. The van der Waals surface area contributed by atoms with E-state index in [-0.39, 0.29) is 11.6 Å². The van der Waals surface area contributed by atoms with Crippen molar-refractivity contribution >= 4 is 16.0 Å². The van der Waals surface area contributed by atoms with E-state index in [0.717, 1.165) is 24.1 Å². The number of hydrogen-bond acceptors (Lipinski definition) is 4. The molecule has 6 atom stereocenters. The molecular formula is C22H36N2O3S. The number of allylic oxidation sites excluding steroid dienone is 2. The van der Waals surface area contributed by atoms with Gasteiger partial charge in [-0.15, -0.1) is 0 Å². The van der Waals surface area contributed by atoms with Gasteiger partial charge >= 0.3 is 0 Å². The third-order valence-corrected chi connectivity index (χ3v) is 9.06. The van der Waals surface area contributed by atoms with E-state index in [1.165, 1.54) is 57.8 Å². The molecule has 0 radical (unpaired) electrons. The number of hydrogen-bond donors (Lipinski definition) is 2. The Kier molecular flexibility index (Phi) is 5.90. The van der Waals surface area contributed by atoms with Crippen molar-refractivity contribution in [3.05, 3.63) is 12.2 Å². The quantitative estimate of drug-likeness (QED) is 0.521. The Morgan fingerprint density at radius 2 is 1.93 bits per heavy atom. The van der Waals surface area contributed by atoms with Crippen LogP contribution >= 0.6 is 0 Å². The topological polar surface area (TPSA) is 78.8 Å². The maximum absolute atomic E-state index is 11.8. The first-order valence-corrected chi connectivity index (χ1v) is 12.8. The maximum atomic E-state index is 11.8. The third kappa shape index (κ3) is 4.33. The first-order chi connectivity index (χ1) is 13.4. The van der Waals surface area contributed by atoms with Crippen LogP contribution in [0.25, 0.3) is 0 Å². The van der Waals surface area contributed by atoms with Crippen LogP contribution in [0.5, 0.6) is 0 Å². The maximum Gasteiger partial charge on any atom is 0.267 e. The number of nitrogens with one attached hydrogen (secondary N) is 1. The lowest BCUT2D eigenvalue weighted by Gasteiger charge is -2.46. The van der Waals surface area contributed by atoms with Crippen LogP contribution in [0.3, 0.4) is 0 Å². The molecule has 0 aromatic heterocycles. The molecule has 2 saturated carbocycles. The SMILES string of the molecule is CC1=NC2CC(S(=O)(=O)O)CCC2(C2CCCCCC/C=C\C3CC3CC2)N1. The van der Waals surface area contributed by atoms with Gasteiger partial charge in [0.2, 0.25) is 0 Å². The van der Waals surface area contributed by atoms with Crippen LogP contribution in [0.1, 0.15) is 84.0 Å². The first kappa shape index (κ1) is 20.4. The molecule has 1 heterocycles. The number of amidine groups is 1. The minimum absolute atomic E-state index is 0.0243. The standard InChI is InChI=1S/C22H36N2O3S/c1-16-23-21-15-20(28(25,26)27)12-13-22(21,24-16)19-9-7-5-3-2-4-6-8-17-14-18(17)10-11-19/h6,8,17-21H,2-5,7,9-15H2,1H3,(H,23,24)(H,25,26,27)/b8-6-. The minimum Gasteiger partial charge on any atom is -0.366 e. The van der Waals surface area contributed by atoms with Gasteiger partial charge in [-0.3, -0.25) is 9.55 Å². The van der Waals surface area contributed by atoms with Crippen molar-refractivity contribution in [1.29, 1.82) is 0 Å². The van der Waals surface area contributed by atoms with Crippen molar-refractivity contribution in [3.8, 4) is 0 Å². The summed E-state index contributed by atoms with van der Waals surface area (Å²) in [5.74, 6) is 3.11. The Hall–Kier alpha value is -0.880. The van der Waals surface area contributed by atoms with Gasteiger partial charge in [0.15, 0.2) is 0 Å². The summed E-state index contributed by atoms with van der Waals surface area (Å²) in [6, 6.07) is -0.0243. The van der Waals surface area contributed by atoms with Crippen molar-refractivity contribution in [2.45, 2.75) is 101 Å². The number of fused-ring (bicyclic) bond motifs is 2. The lowest BCUT2D eigenvalue weighted by atomic mass is 9.67. The second kappa shape index (κ2) is 8.10. The Labute approximate surface area is 170 Å². The van der Waals surface area contributed by atoms with Gasteiger partial charge in [-0.1, -0.05) is 31.4 Å². The van der Waals surface area contributed by atoms with Gasteiger partial charge in [-0.05, 0) is 82.5 Å². The number of nitrogens with zero attached hydrogens (tertiary/aromatic N) is 1. The molecule has 5 nitrogen and oxygen atoms in total. The van der Waals surface area contributed by atoms with E-state index in [2.05, 4.69) is 17.5 Å². The Morgan fingerprint density at radius 3 is 2.75 bits per heavy atom. The van der Waals surface area contributed by atoms with Gasteiger partial charge in [0.1, 0.15) is 0 Å². The molecule has 0 bridgehead atoms. The van der Waals surface area contributed by atoms with Gasteiger partial charge in [0.05, 0.1) is 22.7 Å². The van der Waals surface area contributed by atoms with Gasteiger partial charge in [-0.25, -0.2) is 0 Å². The molecule has 4 rings (SSSR count). The molecule has 0 aromatic carbocycles. The van der Waals surface area contributed by atoms with Crippen molar-refractivity contribution in [1.82, 2.24) is 5.32 Å². The fourth-order valence-electron chi connectivity index (χ4n) is 6.10. The molecule has 28 heavy (non-hydrogen) atoms. The van der Waals surface area contributed by atoms with Gasteiger partial charge in [0.25, 0.3) is 10.1 Å².